The van der Waals surface area contributed by atoms with Gasteiger partial charge in [-0.25, -0.2) is 9.59 Å². The van der Waals surface area contributed by atoms with E-state index in [0.717, 1.165) is 25.0 Å². The molecule has 0 N–H and O–H groups in total. The molecule has 0 radical (unpaired) electrons. The summed E-state index contributed by atoms with van der Waals surface area (Å²) in [5.74, 6) is -0.508. The van der Waals surface area contributed by atoms with Gasteiger partial charge in [-0.05, 0) is 12.8 Å². The van der Waals surface area contributed by atoms with Gasteiger partial charge in [-0.1, -0.05) is 12.7 Å². The summed E-state index contributed by atoms with van der Waals surface area (Å²) in [5, 5.41) is 0. The molecule has 1 aliphatic heterocycles. The fraction of sp³-hybridized carbons (Fsp3) is 0.538. The molecule has 0 bridgehead atoms. The van der Waals surface area contributed by atoms with Gasteiger partial charge in [0.25, 0.3) is 0 Å². The predicted octanol–water partition coefficient (Wildman–Crippen LogP) is 1.38. The summed E-state index contributed by atoms with van der Waals surface area (Å²) in [6.45, 7) is 4.30. The predicted molar refractivity (Wildman–Crippen MR) is 64.8 cm³/mol. The van der Waals surface area contributed by atoms with Gasteiger partial charge in [0.15, 0.2) is 0 Å². The number of carbonyl (C=O) groups excluding carboxylic acids is 2. The Morgan fingerprint density at radius 3 is 2.33 bits per heavy atom. The number of ether oxygens (including phenoxy) is 3. The van der Waals surface area contributed by atoms with E-state index in [1.165, 1.54) is 14.2 Å². The zero-order valence-corrected chi connectivity index (χ0v) is 10.7. The molecule has 5 nitrogen and oxygen atoms in total. The minimum Gasteiger partial charge on any atom is -0.466 e. The normalized spacial score (nSPS) is 19.4. The third-order valence-corrected chi connectivity index (χ3v) is 2.60. The van der Waals surface area contributed by atoms with Gasteiger partial charge >= 0.3 is 11.9 Å². The Kier molecular flexibility index (Phi) is 5.58. The van der Waals surface area contributed by atoms with Gasteiger partial charge in [-0.3, -0.25) is 0 Å². The average Bonchev–Trinajstić information content (AvgIpc) is 3.10. The number of carbonyl (C=O) groups is 2. The van der Waals surface area contributed by atoms with E-state index in [1.807, 2.05) is 6.08 Å². The molecule has 5 heteroatoms. The fourth-order valence-corrected chi connectivity index (χ4v) is 1.29. The lowest BCUT2D eigenvalue weighted by Gasteiger charge is -2.09. The maximum Gasteiger partial charge on any atom is 0.333 e. The van der Waals surface area contributed by atoms with Crippen LogP contribution in [-0.4, -0.2) is 38.9 Å². The van der Waals surface area contributed by atoms with Crippen LogP contribution in [0, 0.1) is 0 Å². The molecule has 1 fully saturated rings. The largest absolute Gasteiger partial charge is 0.466 e. The lowest BCUT2D eigenvalue weighted by molar-refractivity contribution is -0.137. The van der Waals surface area contributed by atoms with Crippen LogP contribution in [0.3, 0.4) is 0 Å². The molecule has 0 aromatic rings. The maximum atomic E-state index is 10.7. The van der Waals surface area contributed by atoms with Crippen LogP contribution in [0.5, 0.6) is 0 Å². The summed E-state index contributed by atoms with van der Waals surface area (Å²) < 4.78 is 13.8. The Hall–Kier alpha value is -1.62. The van der Waals surface area contributed by atoms with Crippen molar-refractivity contribution in [1.82, 2.24) is 0 Å². The molecule has 2 aliphatic rings. The van der Waals surface area contributed by atoms with E-state index in [2.05, 4.69) is 16.1 Å². The lowest BCUT2D eigenvalue weighted by Crippen LogP contribution is -2.09. The minimum absolute atomic E-state index is 0.170. The lowest BCUT2D eigenvalue weighted by atomic mass is 10.00. The Bertz CT molecular complexity index is 366. The standard InChI is InChI=1S/C7H10O3.C6H8O2/c1-5(7(8)9-2)3-6-4-10-6;1-8-6(7)5-3-2-4-5/h6H,1,3-4H2,2H3;3H,2,4H2,1H3. The topological polar surface area (TPSA) is 65.1 Å². The molecule has 2 rings (SSSR count). The summed E-state index contributed by atoms with van der Waals surface area (Å²) in [6.07, 6.45) is 4.64. The molecule has 18 heavy (non-hydrogen) atoms. The molecule has 0 amide bonds. The first kappa shape index (κ1) is 14.4. The van der Waals surface area contributed by atoms with Crippen molar-refractivity contribution in [2.75, 3.05) is 20.8 Å². The van der Waals surface area contributed by atoms with Crippen LogP contribution in [0.2, 0.25) is 0 Å². The highest BCUT2D eigenvalue weighted by Gasteiger charge is 2.25. The molecule has 0 saturated carbocycles. The van der Waals surface area contributed by atoms with Crippen molar-refractivity contribution in [1.29, 1.82) is 0 Å². The first-order valence-electron chi connectivity index (χ1n) is 5.73. The van der Waals surface area contributed by atoms with Crippen LogP contribution >= 0.6 is 0 Å². The molecule has 1 atom stereocenters. The van der Waals surface area contributed by atoms with Gasteiger partial charge in [0, 0.05) is 17.6 Å². The van der Waals surface area contributed by atoms with E-state index in [1.54, 1.807) is 0 Å². The van der Waals surface area contributed by atoms with E-state index < -0.39 is 0 Å². The van der Waals surface area contributed by atoms with Crippen molar-refractivity contribution in [2.24, 2.45) is 0 Å². The Morgan fingerprint density at radius 1 is 1.44 bits per heavy atom. The molecule has 0 spiro atoms. The van der Waals surface area contributed by atoms with E-state index in [4.69, 9.17) is 4.74 Å². The number of hydrogen-bond acceptors (Lipinski definition) is 5. The first-order chi connectivity index (χ1) is 8.58. The minimum atomic E-state index is -0.337. The summed E-state index contributed by atoms with van der Waals surface area (Å²) in [6, 6.07) is 0. The van der Waals surface area contributed by atoms with Crippen LogP contribution in [0.4, 0.5) is 0 Å². The molecule has 1 unspecified atom stereocenters. The Balaban J connectivity index is 0.000000184. The van der Waals surface area contributed by atoms with Gasteiger partial charge < -0.3 is 14.2 Å². The third-order valence-electron chi connectivity index (χ3n) is 2.60. The van der Waals surface area contributed by atoms with Crippen LogP contribution in [0.1, 0.15) is 19.3 Å². The number of hydrogen-bond donors (Lipinski definition) is 0. The summed E-state index contributed by atoms with van der Waals surface area (Å²) in [4.78, 5) is 21.2. The fourth-order valence-electron chi connectivity index (χ4n) is 1.29. The summed E-state index contributed by atoms with van der Waals surface area (Å²) >= 11 is 0. The van der Waals surface area contributed by atoms with Gasteiger partial charge in [-0.2, -0.15) is 0 Å². The van der Waals surface area contributed by atoms with Gasteiger partial charge in [-0.15, -0.1) is 0 Å². The molecule has 1 aliphatic carbocycles. The second-order valence-corrected chi connectivity index (χ2v) is 4.01. The van der Waals surface area contributed by atoms with Gasteiger partial charge in [0.2, 0.25) is 0 Å². The summed E-state index contributed by atoms with van der Waals surface area (Å²) in [5.41, 5.74) is 1.32. The maximum absolute atomic E-state index is 10.7. The molecule has 1 heterocycles. The van der Waals surface area contributed by atoms with E-state index in [-0.39, 0.29) is 18.0 Å². The number of esters is 2. The van der Waals surface area contributed by atoms with Crippen molar-refractivity contribution in [3.63, 3.8) is 0 Å². The van der Waals surface area contributed by atoms with Crippen LogP contribution in [-0.2, 0) is 23.8 Å². The second kappa shape index (κ2) is 6.96. The smallest absolute Gasteiger partial charge is 0.333 e. The second-order valence-electron chi connectivity index (χ2n) is 4.01. The SMILES string of the molecule is C=C(CC1CO1)C(=O)OC.COC(=O)C1=CCC1. The van der Waals surface area contributed by atoms with Crippen molar-refractivity contribution < 1.29 is 23.8 Å². The quantitative estimate of drug-likeness (QED) is 0.431. The third kappa shape index (κ3) is 4.71. The van der Waals surface area contributed by atoms with E-state index in [0.29, 0.717) is 12.0 Å². The number of allylic oxidation sites excluding steroid dienone is 1. The summed E-state index contributed by atoms with van der Waals surface area (Å²) in [7, 11) is 2.75. The molecule has 0 aromatic carbocycles. The highest BCUT2D eigenvalue weighted by atomic mass is 16.6. The Labute approximate surface area is 106 Å². The monoisotopic (exact) mass is 254 g/mol. The molecular formula is C13H18O5. The van der Waals surface area contributed by atoms with E-state index >= 15 is 0 Å². The zero-order valence-electron chi connectivity index (χ0n) is 10.7. The Morgan fingerprint density at radius 2 is 2.06 bits per heavy atom. The molecule has 100 valence electrons. The highest BCUT2D eigenvalue weighted by Crippen LogP contribution is 2.18. The molecular weight excluding hydrogens is 236 g/mol. The molecule has 0 aromatic heterocycles. The van der Waals surface area contributed by atoms with Crippen molar-refractivity contribution >= 4 is 11.9 Å². The van der Waals surface area contributed by atoms with Crippen molar-refractivity contribution in [3.8, 4) is 0 Å². The van der Waals surface area contributed by atoms with Crippen LogP contribution < -0.4 is 0 Å². The van der Waals surface area contributed by atoms with Crippen molar-refractivity contribution in [2.45, 2.75) is 25.4 Å². The first-order valence-corrected chi connectivity index (χ1v) is 5.73. The zero-order chi connectivity index (χ0) is 13.5. The van der Waals surface area contributed by atoms with Crippen molar-refractivity contribution in [3.05, 3.63) is 23.8 Å². The van der Waals surface area contributed by atoms with Crippen LogP contribution in [0.15, 0.2) is 23.8 Å². The van der Waals surface area contributed by atoms with Gasteiger partial charge in [0.05, 0.1) is 26.9 Å². The van der Waals surface area contributed by atoms with E-state index in [9.17, 15) is 9.59 Å². The number of rotatable bonds is 4. The molecule has 1 saturated heterocycles. The van der Waals surface area contributed by atoms with Gasteiger partial charge in [0.1, 0.15) is 0 Å². The van der Waals surface area contributed by atoms with Crippen LogP contribution in [0.25, 0.3) is 0 Å². The number of epoxide rings is 1. The highest BCUT2D eigenvalue weighted by molar-refractivity contribution is 5.89. The average molecular weight is 254 g/mol. The number of methoxy groups -OCH3 is 2.